The molecule has 18 heavy (non-hydrogen) atoms. The van der Waals surface area contributed by atoms with Gasteiger partial charge in [-0.3, -0.25) is 0 Å². The molecule has 1 heterocycles. The van der Waals surface area contributed by atoms with Gasteiger partial charge in [0.1, 0.15) is 0 Å². The third-order valence-electron chi connectivity index (χ3n) is 3.67. The van der Waals surface area contributed by atoms with Crippen molar-refractivity contribution in [2.75, 3.05) is 13.2 Å². The van der Waals surface area contributed by atoms with Crippen LogP contribution in [0.2, 0.25) is 5.02 Å². The maximum atomic E-state index is 6.34. The highest BCUT2D eigenvalue weighted by molar-refractivity contribution is 6.31. The first-order valence-electron chi connectivity index (χ1n) is 6.79. The minimum atomic E-state index is -0.139. The van der Waals surface area contributed by atoms with E-state index in [9.17, 15) is 0 Å². The Morgan fingerprint density at radius 3 is 2.83 bits per heavy atom. The van der Waals surface area contributed by atoms with Crippen molar-refractivity contribution in [3.05, 3.63) is 34.9 Å². The summed E-state index contributed by atoms with van der Waals surface area (Å²) in [5.41, 5.74) is 1.01. The molecule has 0 aromatic heterocycles. The summed E-state index contributed by atoms with van der Waals surface area (Å²) in [5, 5.41) is 4.42. The van der Waals surface area contributed by atoms with Gasteiger partial charge in [-0.25, -0.2) is 0 Å². The molecule has 0 saturated carbocycles. The molecule has 1 aromatic carbocycles. The van der Waals surface area contributed by atoms with E-state index in [1.54, 1.807) is 0 Å². The Morgan fingerprint density at radius 2 is 2.22 bits per heavy atom. The zero-order valence-corrected chi connectivity index (χ0v) is 12.0. The van der Waals surface area contributed by atoms with Crippen LogP contribution >= 0.6 is 11.6 Å². The van der Waals surface area contributed by atoms with Gasteiger partial charge >= 0.3 is 0 Å². The molecule has 1 N–H and O–H groups in total. The van der Waals surface area contributed by atoms with E-state index in [0.29, 0.717) is 0 Å². The third-order valence-corrected chi connectivity index (χ3v) is 4.02. The van der Waals surface area contributed by atoms with Gasteiger partial charge in [0.25, 0.3) is 0 Å². The number of benzene rings is 1. The number of hydrogen-bond acceptors (Lipinski definition) is 2. The van der Waals surface area contributed by atoms with E-state index >= 15 is 0 Å². The maximum absolute atomic E-state index is 6.34. The van der Waals surface area contributed by atoms with Crippen molar-refractivity contribution in [1.82, 2.24) is 5.32 Å². The molecule has 1 aromatic rings. The average molecular weight is 268 g/mol. The highest BCUT2D eigenvalue weighted by Gasteiger charge is 2.39. The van der Waals surface area contributed by atoms with E-state index in [1.165, 1.54) is 0 Å². The Bertz CT molecular complexity index is 388. The monoisotopic (exact) mass is 267 g/mol. The van der Waals surface area contributed by atoms with Crippen molar-refractivity contribution in [3.8, 4) is 0 Å². The summed E-state index contributed by atoms with van der Waals surface area (Å²) in [6, 6.07) is 8.24. The van der Waals surface area contributed by atoms with Crippen molar-refractivity contribution in [2.24, 2.45) is 0 Å². The van der Waals surface area contributed by atoms with Gasteiger partial charge in [0, 0.05) is 11.6 Å². The minimum absolute atomic E-state index is 0.139. The number of rotatable bonds is 5. The second-order valence-electron chi connectivity index (χ2n) is 5.17. The lowest BCUT2D eigenvalue weighted by atomic mass is 9.87. The van der Waals surface area contributed by atoms with E-state index in [-0.39, 0.29) is 11.6 Å². The second-order valence-corrected chi connectivity index (χ2v) is 5.58. The minimum Gasteiger partial charge on any atom is -0.373 e. The van der Waals surface area contributed by atoms with Gasteiger partial charge in [-0.05, 0) is 44.4 Å². The number of halogens is 1. The standard InChI is InChI=1S/C15H22ClNO/c1-3-10-17-14(15(2)9-6-11-18-15)12-7-4-5-8-13(12)16/h4-5,7-8,14,17H,3,6,9-11H2,1-2H3. The summed E-state index contributed by atoms with van der Waals surface area (Å²) in [7, 11) is 0. The molecular weight excluding hydrogens is 246 g/mol. The molecular formula is C15H22ClNO. The predicted molar refractivity (Wildman–Crippen MR) is 76.1 cm³/mol. The topological polar surface area (TPSA) is 21.3 Å². The van der Waals surface area contributed by atoms with E-state index in [0.717, 1.165) is 43.0 Å². The van der Waals surface area contributed by atoms with Crippen molar-refractivity contribution in [3.63, 3.8) is 0 Å². The summed E-state index contributed by atoms with van der Waals surface area (Å²) in [4.78, 5) is 0. The fourth-order valence-electron chi connectivity index (χ4n) is 2.68. The smallest absolute Gasteiger partial charge is 0.0849 e. The van der Waals surface area contributed by atoms with Gasteiger partial charge in [0.2, 0.25) is 0 Å². The van der Waals surface area contributed by atoms with E-state index in [1.807, 2.05) is 18.2 Å². The Kier molecular flexibility index (Phi) is 4.66. The molecule has 1 fully saturated rings. The van der Waals surface area contributed by atoms with Crippen LogP contribution in [0.5, 0.6) is 0 Å². The van der Waals surface area contributed by atoms with Gasteiger partial charge in [0.05, 0.1) is 11.6 Å². The van der Waals surface area contributed by atoms with Gasteiger partial charge in [-0.15, -0.1) is 0 Å². The first-order chi connectivity index (χ1) is 8.67. The molecule has 100 valence electrons. The fourth-order valence-corrected chi connectivity index (χ4v) is 2.93. The maximum Gasteiger partial charge on any atom is 0.0849 e. The lowest BCUT2D eigenvalue weighted by Crippen LogP contribution is -2.41. The van der Waals surface area contributed by atoms with Crippen molar-refractivity contribution >= 4 is 11.6 Å². The van der Waals surface area contributed by atoms with Crippen molar-refractivity contribution in [2.45, 2.75) is 44.8 Å². The molecule has 0 aliphatic carbocycles. The SMILES string of the molecule is CCCNC(c1ccccc1Cl)C1(C)CCCO1. The molecule has 2 unspecified atom stereocenters. The molecule has 0 radical (unpaired) electrons. The van der Waals surface area contributed by atoms with E-state index in [4.69, 9.17) is 16.3 Å². The molecule has 2 rings (SSSR count). The number of nitrogens with one attached hydrogen (secondary N) is 1. The summed E-state index contributed by atoms with van der Waals surface area (Å²) < 4.78 is 5.99. The number of hydrogen-bond donors (Lipinski definition) is 1. The van der Waals surface area contributed by atoms with Gasteiger partial charge < -0.3 is 10.1 Å². The van der Waals surface area contributed by atoms with Crippen molar-refractivity contribution in [1.29, 1.82) is 0 Å². The molecule has 1 saturated heterocycles. The van der Waals surface area contributed by atoms with Crippen LogP contribution in [0.3, 0.4) is 0 Å². The molecule has 3 heteroatoms. The normalized spacial score (nSPS) is 25.3. The Hall–Kier alpha value is -0.570. The molecule has 1 aliphatic heterocycles. The van der Waals surface area contributed by atoms with Crippen molar-refractivity contribution < 1.29 is 4.74 Å². The quantitative estimate of drug-likeness (QED) is 0.872. The van der Waals surface area contributed by atoms with Crippen LogP contribution in [0.25, 0.3) is 0 Å². The van der Waals surface area contributed by atoms with Crippen LogP contribution in [0.15, 0.2) is 24.3 Å². The highest BCUT2D eigenvalue weighted by Crippen LogP contribution is 2.39. The van der Waals surface area contributed by atoms with Gasteiger partial charge in [0.15, 0.2) is 0 Å². The van der Waals surface area contributed by atoms with Crippen LogP contribution in [0, 0.1) is 0 Å². The van der Waals surface area contributed by atoms with Crippen LogP contribution in [-0.2, 0) is 4.74 Å². The van der Waals surface area contributed by atoms with Crippen LogP contribution < -0.4 is 5.32 Å². The Labute approximate surface area is 115 Å². The third kappa shape index (κ3) is 2.87. The molecule has 0 bridgehead atoms. The Balaban J connectivity index is 2.27. The lowest BCUT2D eigenvalue weighted by Gasteiger charge is -2.35. The highest BCUT2D eigenvalue weighted by atomic mass is 35.5. The van der Waals surface area contributed by atoms with Crippen LogP contribution in [0.4, 0.5) is 0 Å². The number of ether oxygens (including phenoxy) is 1. The molecule has 2 nitrogen and oxygen atoms in total. The average Bonchev–Trinajstić information content (AvgIpc) is 2.80. The van der Waals surface area contributed by atoms with E-state index < -0.39 is 0 Å². The molecule has 1 aliphatic rings. The largest absolute Gasteiger partial charge is 0.373 e. The van der Waals surface area contributed by atoms with Gasteiger partial charge in [-0.2, -0.15) is 0 Å². The summed E-state index contributed by atoms with van der Waals surface area (Å²) in [5.74, 6) is 0. The van der Waals surface area contributed by atoms with Crippen LogP contribution in [0.1, 0.15) is 44.7 Å². The summed E-state index contributed by atoms with van der Waals surface area (Å²) >= 11 is 6.34. The molecule has 0 spiro atoms. The van der Waals surface area contributed by atoms with E-state index in [2.05, 4.69) is 25.2 Å². The molecule has 2 atom stereocenters. The summed E-state index contributed by atoms with van der Waals surface area (Å²) in [6.45, 7) is 6.20. The Morgan fingerprint density at radius 1 is 1.44 bits per heavy atom. The molecule has 0 amide bonds. The fraction of sp³-hybridized carbons (Fsp3) is 0.600. The van der Waals surface area contributed by atoms with Gasteiger partial charge in [-0.1, -0.05) is 36.7 Å². The summed E-state index contributed by atoms with van der Waals surface area (Å²) in [6.07, 6.45) is 3.32. The first kappa shape index (κ1) is 13.9. The van der Waals surface area contributed by atoms with Crippen LogP contribution in [-0.4, -0.2) is 18.8 Å². The lowest BCUT2D eigenvalue weighted by molar-refractivity contribution is -0.0124. The zero-order valence-electron chi connectivity index (χ0n) is 11.2. The second kappa shape index (κ2) is 6.05. The first-order valence-corrected chi connectivity index (χ1v) is 7.17. The predicted octanol–water partition coefficient (Wildman–Crippen LogP) is 3.95. The zero-order chi connectivity index (χ0) is 13.0.